The summed E-state index contributed by atoms with van der Waals surface area (Å²) in [6.07, 6.45) is 0.792. The van der Waals surface area contributed by atoms with Crippen molar-refractivity contribution in [2.24, 2.45) is 0 Å². The maximum absolute atomic E-state index is 13.3. The van der Waals surface area contributed by atoms with Gasteiger partial charge in [-0.05, 0) is 67.1 Å². The molecule has 0 radical (unpaired) electrons. The van der Waals surface area contributed by atoms with E-state index < -0.39 is 11.6 Å². The predicted octanol–water partition coefficient (Wildman–Crippen LogP) is 3.81. The van der Waals surface area contributed by atoms with Crippen molar-refractivity contribution in [2.75, 3.05) is 20.6 Å². The Morgan fingerprint density at radius 1 is 1.24 bits per heavy atom. The van der Waals surface area contributed by atoms with Crippen molar-refractivity contribution < 1.29 is 8.78 Å². The molecule has 0 saturated carbocycles. The molecule has 1 aromatic heterocycles. The summed E-state index contributed by atoms with van der Waals surface area (Å²) in [6, 6.07) is 5.74. The van der Waals surface area contributed by atoms with Crippen LogP contribution >= 0.6 is 11.3 Å². The van der Waals surface area contributed by atoms with Crippen LogP contribution in [0.25, 0.3) is 0 Å². The minimum absolute atomic E-state index is 0.0554. The third-order valence-electron chi connectivity index (χ3n) is 3.47. The minimum Gasteiger partial charge on any atom is -0.313 e. The van der Waals surface area contributed by atoms with E-state index in [4.69, 9.17) is 0 Å². The fourth-order valence-corrected chi connectivity index (χ4v) is 3.04. The molecular weight excluding hydrogens is 290 g/mol. The predicted molar refractivity (Wildman–Crippen MR) is 83.4 cm³/mol. The summed E-state index contributed by atoms with van der Waals surface area (Å²) < 4.78 is 26.6. The van der Waals surface area contributed by atoms with Crippen molar-refractivity contribution in [1.29, 1.82) is 0 Å². The van der Waals surface area contributed by atoms with Gasteiger partial charge in [-0.3, -0.25) is 0 Å². The van der Waals surface area contributed by atoms with Crippen molar-refractivity contribution in [3.8, 4) is 0 Å². The first kappa shape index (κ1) is 16.1. The van der Waals surface area contributed by atoms with Crippen molar-refractivity contribution in [3.63, 3.8) is 0 Å². The summed E-state index contributed by atoms with van der Waals surface area (Å²) in [5.74, 6) is -1.06. The lowest BCUT2D eigenvalue weighted by molar-refractivity contribution is 0.304. The Bertz CT molecular complexity index is 537. The van der Waals surface area contributed by atoms with Gasteiger partial charge in [0, 0.05) is 18.7 Å². The molecule has 1 N–H and O–H groups in total. The summed E-state index contributed by atoms with van der Waals surface area (Å²) in [7, 11) is 3.86. The monoisotopic (exact) mass is 310 g/mol. The van der Waals surface area contributed by atoms with Gasteiger partial charge in [0.15, 0.2) is 0 Å². The average molecular weight is 310 g/mol. The van der Waals surface area contributed by atoms with Crippen LogP contribution in [-0.2, 0) is 6.54 Å². The van der Waals surface area contributed by atoms with Crippen LogP contribution in [0.15, 0.2) is 35.0 Å². The standard InChI is InChI=1S/C16H20F2N2S/c1-19-16(13-7-14(17)9-15(18)8-13)3-5-20(2)10-12-4-6-21-11-12/h4,6-9,11,16,19H,3,5,10H2,1-2H3. The van der Waals surface area contributed by atoms with Gasteiger partial charge in [-0.2, -0.15) is 11.3 Å². The molecule has 0 fully saturated rings. The van der Waals surface area contributed by atoms with Gasteiger partial charge in [-0.1, -0.05) is 0 Å². The number of hydrogen-bond acceptors (Lipinski definition) is 3. The van der Waals surface area contributed by atoms with Gasteiger partial charge in [0.05, 0.1) is 0 Å². The highest BCUT2D eigenvalue weighted by molar-refractivity contribution is 7.07. The lowest BCUT2D eigenvalue weighted by Crippen LogP contribution is -2.25. The topological polar surface area (TPSA) is 15.3 Å². The molecule has 1 aromatic carbocycles. The van der Waals surface area contributed by atoms with Crippen LogP contribution in [0.3, 0.4) is 0 Å². The van der Waals surface area contributed by atoms with E-state index in [1.807, 2.05) is 7.05 Å². The summed E-state index contributed by atoms with van der Waals surface area (Å²) in [6.45, 7) is 1.73. The van der Waals surface area contributed by atoms with Crippen LogP contribution in [0, 0.1) is 11.6 Å². The fourth-order valence-electron chi connectivity index (χ4n) is 2.38. The fraction of sp³-hybridized carbons (Fsp3) is 0.375. The summed E-state index contributed by atoms with van der Waals surface area (Å²) in [5.41, 5.74) is 1.94. The molecule has 1 unspecified atom stereocenters. The lowest BCUT2D eigenvalue weighted by atomic mass is 10.0. The molecule has 0 amide bonds. The normalized spacial score (nSPS) is 12.8. The van der Waals surface area contributed by atoms with Crippen molar-refractivity contribution in [1.82, 2.24) is 10.2 Å². The molecule has 2 nitrogen and oxygen atoms in total. The second-order valence-corrected chi connectivity index (χ2v) is 5.98. The Morgan fingerprint density at radius 3 is 2.52 bits per heavy atom. The molecule has 0 aliphatic carbocycles. The first-order valence-corrected chi connectivity index (χ1v) is 7.85. The molecule has 5 heteroatoms. The van der Waals surface area contributed by atoms with Crippen LogP contribution in [0.5, 0.6) is 0 Å². The van der Waals surface area contributed by atoms with Crippen molar-refractivity contribution in [3.05, 3.63) is 57.8 Å². The van der Waals surface area contributed by atoms with E-state index in [2.05, 4.69) is 34.1 Å². The van der Waals surface area contributed by atoms with Crippen LogP contribution in [0.4, 0.5) is 8.78 Å². The Morgan fingerprint density at radius 2 is 1.95 bits per heavy atom. The van der Waals surface area contributed by atoms with Gasteiger partial charge in [0.2, 0.25) is 0 Å². The van der Waals surface area contributed by atoms with Gasteiger partial charge in [0.25, 0.3) is 0 Å². The second kappa shape index (κ2) is 7.64. The zero-order valence-corrected chi connectivity index (χ0v) is 13.1. The molecule has 21 heavy (non-hydrogen) atoms. The Balaban J connectivity index is 1.92. The first-order valence-electron chi connectivity index (χ1n) is 6.91. The van der Waals surface area contributed by atoms with E-state index in [0.29, 0.717) is 5.56 Å². The maximum Gasteiger partial charge on any atom is 0.126 e. The third-order valence-corrected chi connectivity index (χ3v) is 4.20. The molecule has 0 bridgehead atoms. The number of rotatable bonds is 7. The van der Waals surface area contributed by atoms with E-state index in [1.54, 1.807) is 11.3 Å². The van der Waals surface area contributed by atoms with E-state index >= 15 is 0 Å². The average Bonchev–Trinajstić information content (AvgIpc) is 2.91. The molecule has 2 aromatic rings. The molecule has 0 aliphatic rings. The third kappa shape index (κ3) is 4.88. The molecule has 1 atom stereocenters. The number of halogens is 2. The molecule has 1 heterocycles. The van der Waals surface area contributed by atoms with Crippen molar-refractivity contribution >= 4 is 11.3 Å². The molecule has 0 saturated heterocycles. The zero-order valence-electron chi connectivity index (χ0n) is 12.3. The van der Waals surface area contributed by atoms with E-state index in [0.717, 1.165) is 25.6 Å². The largest absolute Gasteiger partial charge is 0.313 e. The summed E-state index contributed by atoms with van der Waals surface area (Å²) >= 11 is 1.69. The van der Waals surface area contributed by atoms with E-state index in [9.17, 15) is 8.78 Å². The van der Waals surface area contributed by atoms with Crippen LogP contribution in [-0.4, -0.2) is 25.5 Å². The molecule has 114 valence electrons. The highest BCUT2D eigenvalue weighted by Gasteiger charge is 2.13. The number of benzene rings is 1. The van der Waals surface area contributed by atoms with Gasteiger partial charge in [0.1, 0.15) is 11.6 Å². The number of hydrogen-bond donors (Lipinski definition) is 1. The van der Waals surface area contributed by atoms with Gasteiger partial charge < -0.3 is 10.2 Å². The highest BCUT2D eigenvalue weighted by Crippen LogP contribution is 2.20. The molecule has 0 spiro atoms. The Kier molecular flexibility index (Phi) is 5.85. The Hall–Kier alpha value is -1.30. The van der Waals surface area contributed by atoms with Crippen LogP contribution < -0.4 is 5.32 Å². The van der Waals surface area contributed by atoms with Gasteiger partial charge >= 0.3 is 0 Å². The molecular formula is C16H20F2N2S. The van der Waals surface area contributed by atoms with E-state index in [1.165, 1.54) is 17.7 Å². The van der Waals surface area contributed by atoms with Crippen LogP contribution in [0.1, 0.15) is 23.6 Å². The minimum atomic E-state index is -0.531. The van der Waals surface area contributed by atoms with Gasteiger partial charge in [-0.15, -0.1) is 0 Å². The molecule has 2 rings (SSSR count). The SMILES string of the molecule is CNC(CCN(C)Cc1ccsc1)c1cc(F)cc(F)c1. The quantitative estimate of drug-likeness (QED) is 0.836. The highest BCUT2D eigenvalue weighted by atomic mass is 32.1. The summed E-state index contributed by atoms with van der Waals surface area (Å²) in [4.78, 5) is 2.21. The number of thiophene rings is 1. The smallest absolute Gasteiger partial charge is 0.126 e. The number of nitrogens with zero attached hydrogens (tertiary/aromatic N) is 1. The lowest BCUT2D eigenvalue weighted by Gasteiger charge is -2.21. The first-order chi connectivity index (χ1) is 10.1. The number of nitrogens with one attached hydrogen (secondary N) is 1. The molecule has 0 aliphatic heterocycles. The van der Waals surface area contributed by atoms with Crippen LogP contribution in [0.2, 0.25) is 0 Å². The van der Waals surface area contributed by atoms with Crippen molar-refractivity contribution in [2.45, 2.75) is 19.0 Å². The van der Waals surface area contributed by atoms with E-state index in [-0.39, 0.29) is 6.04 Å². The van der Waals surface area contributed by atoms with Gasteiger partial charge in [-0.25, -0.2) is 8.78 Å². The Labute approximate surface area is 128 Å². The zero-order chi connectivity index (χ0) is 15.2. The summed E-state index contributed by atoms with van der Waals surface area (Å²) in [5, 5.41) is 7.33. The second-order valence-electron chi connectivity index (χ2n) is 5.20. The maximum atomic E-state index is 13.3.